The molecule has 0 amide bonds. The molecule has 0 aliphatic carbocycles. The first-order valence-corrected chi connectivity index (χ1v) is 9.92. The maximum Gasteiger partial charge on any atom is 0.231 e. The Morgan fingerprint density at radius 2 is 1.83 bits per heavy atom. The summed E-state index contributed by atoms with van der Waals surface area (Å²) in [5.74, 6) is 1.78. The van der Waals surface area contributed by atoms with Crippen LogP contribution in [0.5, 0.6) is 11.5 Å². The summed E-state index contributed by atoms with van der Waals surface area (Å²) in [7, 11) is 2.10. The molecule has 0 spiro atoms. The zero-order valence-electron chi connectivity index (χ0n) is 17.2. The molecule has 0 unspecified atom stereocenters. The number of nitrogens with zero attached hydrogens (tertiary/aromatic N) is 2. The van der Waals surface area contributed by atoms with E-state index in [1.165, 1.54) is 27.6 Å². The Morgan fingerprint density at radius 3 is 2.62 bits per heavy atom. The molecule has 4 aromatic rings. The second-order valence-corrected chi connectivity index (χ2v) is 8.63. The van der Waals surface area contributed by atoms with E-state index >= 15 is 0 Å². The Hall–Kier alpha value is -3.38. The largest absolute Gasteiger partial charge is 0.456 e. The average Bonchev–Trinajstić information content (AvgIpc) is 2.69. The number of rotatable bonds is 2. The summed E-state index contributed by atoms with van der Waals surface area (Å²) in [6.45, 7) is 13.6. The first-order chi connectivity index (χ1) is 13.9. The smallest absolute Gasteiger partial charge is 0.231 e. The molecule has 0 radical (unpaired) electrons. The van der Waals surface area contributed by atoms with E-state index in [2.05, 4.69) is 78.1 Å². The SMILES string of the molecule is [C-]#[N+]C(C)(C)Cc1cc2c3c([n+](C)ccc3c1)-c1c(cc3ccccc3c1C)O2. The van der Waals surface area contributed by atoms with Crippen molar-refractivity contribution in [1.82, 2.24) is 0 Å². The molecule has 0 bridgehead atoms. The number of hydrogen-bond acceptors (Lipinski definition) is 1. The molecule has 0 fully saturated rings. The van der Waals surface area contributed by atoms with Gasteiger partial charge in [0.25, 0.3) is 0 Å². The Morgan fingerprint density at radius 1 is 1.03 bits per heavy atom. The number of aromatic nitrogens is 1. The summed E-state index contributed by atoms with van der Waals surface area (Å²) in [6, 6.07) is 17.1. The zero-order chi connectivity index (χ0) is 20.3. The van der Waals surface area contributed by atoms with Crippen LogP contribution in [0.2, 0.25) is 0 Å². The van der Waals surface area contributed by atoms with Crippen LogP contribution < -0.4 is 9.30 Å². The number of ether oxygens (including phenoxy) is 1. The van der Waals surface area contributed by atoms with Crippen LogP contribution >= 0.6 is 0 Å². The fourth-order valence-corrected chi connectivity index (χ4v) is 4.54. The van der Waals surface area contributed by atoms with Crippen molar-refractivity contribution in [3.05, 3.63) is 77.3 Å². The average molecular weight is 379 g/mol. The fraction of sp³-hybridized carbons (Fsp3) is 0.231. The van der Waals surface area contributed by atoms with Crippen LogP contribution in [0, 0.1) is 13.5 Å². The summed E-state index contributed by atoms with van der Waals surface area (Å²) in [6.07, 6.45) is 2.82. The van der Waals surface area contributed by atoms with Gasteiger partial charge >= 0.3 is 0 Å². The van der Waals surface area contributed by atoms with Crippen molar-refractivity contribution in [3.63, 3.8) is 0 Å². The molecule has 29 heavy (non-hydrogen) atoms. The van der Waals surface area contributed by atoms with Gasteiger partial charge in [-0.3, -0.25) is 0 Å². The topological polar surface area (TPSA) is 17.5 Å². The lowest BCUT2D eigenvalue weighted by molar-refractivity contribution is -0.659. The van der Waals surface area contributed by atoms with Gasteiger partial charge in [0.2, 0.25) is 11.2 Å². The number of hydrogen-bond donors (Lipinski definition) is 0. The fourth-order valence-electron chi connectivity index (χ4n) is 4.54. The summed E-state index contributed by atoms with van der Waals surface area (Å²) >= 11 is 0. The highest BCUT2D eigenvalue weighted by Gasteiger charge is 2.31. The van der Waals surface area contributed by atoms with Gasteiger partial charge in [0, 0.05) is 19.9 Å². The van der Waals surface area contributed by atoms with Gasteiger partial charge in [-0.2, -0.15) is 0 Å². The van der Waals surface area contributed by atoms with Gasteiger partial charge in [-0.15, -0.1) is 0 Å². The summed E-state index contributed by atoms with van der Waals surface area (Å²) < 4.78 is 8.68. The van der Waals surface area contributed by atoms with E-state index in [0.29, 0.717) is 6.42 Å². The Balaban J connectivity index is 1.83. The highest BCUT2D eigenvalue weighted by atomic mass is 16.5. The molecule has 1 aromatic heterocycles. The predicted molar refractivity (Wildman–Crippen MR) is 117 cm³/mol. The molecule has 5 rings (SSSR count). The molecule has 0 saturated carbocycles. The maximum absolute atomic E-state index is 7.48. The zero-order valence-corrected chi connectivity index (χ0v) is 17.2. The molecule has 3 nitrogen and oxygen atoms in total. The molecular formula is C26H23N2O+. The second kappa shape index (κ2) is 6.06. The van der Waals surface area contributed by atoms with Gasteiger partial charge in [0.15, 0.2) is 6.20 Å². The lowest BCUT2D eigenvalue weighted by atomic mass is 9.89. The van der Waals surface area contributed by atoms with Crippen LogP contribution in [0.3, 0.4) is 0 Å². The first-order valence-electron chi connectivity index (χ1n) is 9.92. The molecule has 142 valence electrons. The van der Waals surface area contributed by atoms with E-state index in [0.717, 1.165) is 27.8 Å². The minimum absolute atomic E-state index is 0.429. The van der Waals surface area contributed by atoms with Crippen molar-refractivity contribution < 1.29 is 9.30 Å². The molecule has 1 aliphatic rings. The van der Waals surface area contributed by atoms with Gasteiger partial charge in [0.1, 0.15) is 18.5 Å². The Labute approximate surface area is 171 Å². The first kappa shape index (κ1) is 17.7. The molecule has 0 N–H and O–H groups in total. The van der Waals surface area contributed by atoms with Crippen LogP contribution in [-0.4, -0.2) is 5.54 Å². The van der Waals surface area contributed by atoms with Crippen molar-refractivity contribution in [2.75, 3.05) is 0 Å². The lowest BCUT2D eigenvalue weighted by Crippen LogP contribution is -2.31. The van der Waals surface area contributed by atoms with Crippen molar-refractivity contribution in [3.8, 4) is 22.8 Å². The monoisotopic (exact) mass is 379 g/mol. The standard InChI is InChI=1S/C26H23N2O/c1-16-20-9-7-6-8-18(20)14-22-23(16)25-24-19(10-11-28(25)5)12-17(13-21(24)29-22)15-26(2,3)27-4/h6-14H,15H2,1-3,5H3/q+1. The number of fused-ring (bicyclic) bond motifs is 3. The van der Waals surface area contributed by atoms with E-state index in [9.17, 15) is 0 Å². The van der Waals surface area contributed by atoms with Crippen molar-refractivity contribution in [2.45, 2.75) is 32.7 Å². The minimum Gasteiger partial charge on any atom is -0.456 e. The van der Waals surface area contributed by atoms with Crippen LogP contribution in [0.15, 0.2) is 54.7 Å². The molecule has 0 saturated heterocycles. The van der Waals surface area contributed by atoms with E-state index in [1.54, 1.807) is 0 Å². The molecule has 2 heterocycles. The molecule has 1 aliphatic heterocycles. The van der Waals surface area contributed by atoms with Crippen LogP contribution in [0.25, 0.3) is 37.6 Å². The van der Waals surface area contributed by atoms with Crippen LogP contribution in [0.1, 0.15) is 25.0 Å². The van der Waals surface area contributed by atoms with Gasteiger partial charge < -0.3 is 9.58 Å². The molecule has 3 aromatic carbocycles. The number of benzene rings is 3. The highest BCUT2D eigenvalue weighted by Crippen LogP contribution is 2.48. The van der Waals surface area contributed by atoms with E-state index < -0.39 is 5.54 Å². The third-order valence-electron chi connectivity index (χ3n) is 5.93. The van der Waals surface area contributed by atoms with Gasteiger partial charge in [-0.25, -0.2) is 11.1 Å². The Bertz CT molecular complexity index is 1360. The van der Waals surface area contributed by atoms with Gasteiger partial charge in [-0.1, -0.05) is 30.3 Å². The highest BCUT2D eigenvalue weighted by molar-refractivity contribution is 6.05. The van der Waals surface area contributed by atoms with Gasteiger partial charge in [0.05, 0.1) is 17.4 Å². The molecule has 3 heteroatoms. The number of pyridine rings is 1. The predicted octanol–water partition coefficient (Wildman–Crippen LogP) is 6.14. The van der Waals surface area contributed by atoms with Gasteiger partial charge in [-0.05, 0) is 46.3 Å². The third-order valence-corrected chi connectivity index (χ3v) is 5.93. The summed E-state index contributed by atoms with van der Waals surface area (Å²) in [5.41, 5.74) is 4.30. The summed E-state index contributed by atoms with van der Waals surface area (Å²) in [5, 5.41) is 4.74. The van der Waals surface area contributed by atoms with Crippen molar-refractivity contribution >= 4 is 21.5 Å². The maximum atomic E-state index is 7.48. The van der Waals surface area contributed by atoms with Crippen LogP contribution in [0.4, 0.5) is 0 Å². The normalized spacial score (nSPS) is 12.5. The minimum atomic E-state index is -0.429. The van der Waals surface area contributed by atoms with Crippen LogP contribution in [-0.2, 0) is 13.5 Å². The lowest BCUT2D eigenvalue weighted by Gasteiger charge is -2.23. The quantitative estimate of drug-likeness (QED) is 0.266. The Kier molecular flexibility index (Phi) is 3.70. The van der Waals surface area contributed by atoms with E-state index in [1.807, 2.05) is 13.8 Å². The number of aryl methyl sites for hydroxylation is 2. The molecular weight excluding hydrogens is 356 g/mol. The van der Waals surface area contributed by atoms with E-state index in [-0.39, 0.29) is 0 Å². The third kappa shape index (κ3) is 2.68. The second-order valence-electron chi connectivity index (χ2n) is 8.63. The molecule has 0 atom stereocenters. The van der Waals surface area contributed by atoms with Crippen molar-refractivity contribution in [1.29, 1.82) is 0 Å². The summed E-state index contributed by atoms with van der Waals surface area (Å²) in [4.78, 5) is 3.78. The van der Waals surface area contributed by atoms with E-state index in [4.69, 9.17) is 11.3 Å². The van der Waals surface area contributed by atoms with Crippen molar-refractivity contribution in [2.24, 2.45) is 7.05 Å².